The number of rotatable bonds is 3. The first-order valence-electron chi connectivity index (χ1n) is 3.00. The molecule has 0 aliphatic heterocycles. The number of halogens is 6. The fourth-order valence-electron chi connectivity index (χ4n) is 0.559. The summed E-state index contributed by atoms with van der Waals surface area (Å²) in [7, 11) is 0. The van der Waals surface area contributed by atoms with Gasteiger partial charge in [-0.3, -0.25) is 0 Å². The van der Waals surface area contributed by atoms with Crippen molar-refractivity contribution < 1.29 is 26.3 Å². The van der Waals surface area contributed by atoms with Gasteiger partial charge in [0, 0.05) is 6.42 Å². The molecule has 1 unspecified atom stereocenters. The molecule has 0 aliphatic rings. The second-order valence-corrected chi connectivity index (χ2v) is 2.20. The summed E-state index contributed by atoms with van der Waals surface area (Å²) in [6.45, 7) is -0.691. The molecule has 0 bridgehead atoms. The van der Waals surface area contributed by atoms with Crippen LogP contribution in [0, 0.1) is 0 Å². The molecular formula is C5H7F6N. The molecule has 0 aromatic carbocycles. The van der Waals surface area contributed by atoms with E-state index in [-0.39, 0.29) is 0 Å². The second kappa shape index (κ2) is 3.51. The van der Waals surface area contributed by atoms with E-state index < -0.39 is 31.2 Å². The first-order valence-corrected chi connectivity index (χ1v) is 3.00. The van der Waals surface area contributed by atoms with Crippen LogP contribution in [0.2, 0.25) is 0 Å². The van der Waals surface area contributed by atoms with Crippen molar-refractivity contribution >= 4 is 0 Å². The zero-order valence-corrected chi connectivity index (χ0v) is 5.84. The topological polar surface area (TPSA) is 26.0 Å². The van der Waals surface area contributed by atoms with Crippen molar-refractivity contribution in [1.82, 2.24) is 0 Å². The van der Waals surface area contributed by atoms with Crippen LogP contribution >= 0.6 is 0 Å². The van der Waals surface area contributed by atoms with Crippen LogP contribution in [0.5, 0.6) is 0 Å². The molecule has 74 valence electrons. The van der Waals surface area contributed by atoms with E-state index >= 15 is 0 Å². The maximum atomic E-state index is 12.1. The average molecular weight is 195 g/mol. The SMILES string of the molecule is NCCC(F)(F)C(F)C(F)(F)F. The van der Waals surface area contributed by atoms with E-state index in [0.717, 1.165) is 0 Å². The minimum absolute atomic E-state index is 0.691. The van der Waals surface area contributed by atoms with Crippen molar-refractivity contribution in [3.8, 4) is 0 Å². The van der Waals surface area contributed by atoms with Crippen molar-refractivity contribution in [1.29, 1.82) is 0 Å². The molecule has 0 saturated heterocycles. The Bertz CT molecular complexity index is 141. The van der Waals surface area contributed by atoms with Crippen LogP contribution < -0.4 is 5.73 Å². The first-order chi connectivity index (χ1) is 5.22. The zero-order valence-electron chi connectivity index (χ0n) is 5.84. The summed E-state index contributed by atoms with van der Waals surface area (Å²) in [6.07, 6.45) is -11.0. The third kappa shape index (κ3) is 2.88. The molecule has 0 aliphatic carbocycles. The van der Waals surface area contributed by atoms with E-state index in [4.69, 9.17) is 0 Å². The highest BCUT2D eigenvalue weighted by Crippen LogP contribution is 2.36. The minimum Gasteiger partial charge on any atom is -0.330 e. The molecule has 0 spiro atoms. The minimum atomic E-state index is -5.53. The molecule has 7 heteroatoms. The molecule has 0 radical (unpaired) electrons. The van der Waals surface area contributed by atoms with Gasteiger partial charge in [0.25, 0.3) is 12.1 Å². The van der Waals surface area contributed by atoms with Crippen LogP contribution in [0.15, 0.2) is 0 Å². The highest BCUT2D eigenvalue weighted by Gasteiger charge is 2.55. The molecule has 0 rings (SSSR count). The third-order valence-corrected chi connectivity index (χ3v) is 1.14. The molecular weight excluding hydrogens is 188 g/mol. The van der Waals surface area contributed by atoms with Crippen LogP contribution in [0.25, 0.3) is 0 Å². The fourth-order valence-corrected chi connectivity index (χ4v) is 0.559. The van der Waals surface area contributed by atoms with E-state index in [0.29, 0.717) is 0 Å². The standard InChI is InChI=1S/C5H7F6N/c6-3(5(9,10)11)4(7,8)1-2-12/h3H,1-2,12H2. The van der Waals surface area contributed by atoms with Gasteiger partial charge in [0.05, 0.1) is 0 Å². The monoisotopic (exact) mass is 195 g/mol. The van der Waals surface area contributed by atoms with Crippen molar-refractivity contribution in [3.63, 3.8) is 0 Å². The van der Waals surface area contributed by atoms with E-state index in [9.17, 15) is 26.3 Å². The largest absolute Gasteiger partial charge is 0.425 e. The zero-order chi connectivity index (χ0) is 9.99. The van der Waals surface area contributed by atoms with Gasteiger partial charge in [-0.25, -0.2) is 13.2 Å². The Balaban J connectivity index is 4.34. The van der Waals surface area contributed by atoms with Gasteiger partial charge in [0.15, 0.2) is 0 Å². The van der Waals surface area contributed by atoms with Gasteiger partial charge in [-0.2, -0.15) is 13.2 Å². The lowest BCUT2D eigenvalue weighted by atomic mass is 10.1. The molecule has 0 amide bonds. The van der Waals surface area contributed by atoms with E-state index in [2.05, 4.69) is 5.73 Å². The molecule has 2 N–H and O–H groups in total. The number of alkyl halides is 6. The van der Waals surface area contributed by atoms with E-state index in [1.165, 1.54) is 0 Å². The van der Waals surface area contributed by atoms with Gasteiger partial charge >= 0.3 is 6.18 Å². The Morgan fingerprint density at radius 3 is 1.75 bits per heavy atom. The number of nitrogens with two attached hydrogens (primary N) is 1. The molecule has 1 atom stereocenters. The molecule has 0 fully saturated rings. The summed E-state index contributed by atoms with van der Waals surface area (Å²) >= 11 is 0. The molecule has 0 aromatic rings. The Morgan fingerprint density at radius 2 is 1.50 bits per heavy atom. The van der Waals surface area contributed by atoms with Crippen LogP contribution in [0.4, 0.5) is 26.3 Å². The molecule has 0 heterocycles. The average Bonchev–Trinajstić information content (AvgIpc) is 1.84. The van der Waals surface area contributed by atoms with Crippen molar-refractivity contribution in [2.24, 2.45) is 5.73 Å². The summed E-state index contributed by atoms with van der Waals surface area (Å²) in [5, 5.41) is 0. The molecule has 1 nitrogen and oxygen atoms in total. The van der Waals surface area contributed by atoms with Crippen LogP contribution in [-0.2, 0) is 0 Å². The summed E-state index contributed by atoms with van der Waals surface area (Å²) in [5.74, 6) is -4.42. The summed E-state index contributed by atoms with van der Waals surface area (Å²) in [6, 6.07) is 0. The maximum absolute atomic E-state index is 12.1. The van der Waals surface area contributed by atoms with Gasteiger partial charge in [-0.15, -0.1) is 0 Å². The van der Waals surface area contributed by atoms with Crippen molar-refractivity contribution in [3.05, 3.63) is 0 Å². The van der Waals surface area contributed by atoms with Gasteiger partial charge in [0.2, 0.25) is 0 Å². The van der Waals surface area contributed by atoms with E-state index in [1.54, 1.807) is 0 Å². The first kappa shape index (κ1) is 11.5. The van der Waals surface area contributed by atoms with Crippen LogP contribution in [0.3, 0.4) is 0 Å². The lowest BCUT2D eigenvalue weighted by molar-refractivity contribution is -0.244. The highest BCUT2D eigenvalue weighted by molar-refractivity contribution is 4.82. The van der Waals surface area contributed by atoms with E-state index in [1.807, 2.05) is 0 Å². The van der Waals surface area contributed by atoms with Crippen molar-refractivity contribution in [2.75, 3.05) is 6.54 Å². The third-order valence-electron chi connectivity index (χ3n) is 1.14. The summed E-state index contributed by atoms with van der Waals surface area (Å²) < 4.78 is 70.3. The lowest BCUT2D eigenvalue weighted by Crippen LogP contribution is -2.42. The Labute approximate surface area is 64.5 Å². The van der Waals surface area contributed by atoms with Crippen LogP contribution in [0.1, 0.15) is 6.42 Å². The Kier molecular flexibility index (Phi) is 3.37. The molecule has 0 saturated carbocycles. The smallest absolute Gasteiger partial charge is 0.330 e. The highest BCUT2D eigenvalue weighted by atomic mass is 19.4. The predicted octanol–water partition coefficient (Wildman–Crippen LogP) is 1.87. The number of hydrogen-bond acceptors (Lipinski definition) is 1. The predicted molar refractivity (Wildman–Crippen MR) is 29.6 cm³/mol. The summed E-state index contributed by atoms with van der Waals surface area (Å²) in [4.78, 5) is 0. The van der Waals surface area contributed by atoms with Crippen LogP contribution in [-0.4, -0.2) is 24.8 Å². The normalized spacial score (nSPS) is 16.2. The fraction of sp³-hybridized carbons (Fsp3) is 1.00. The summed E-state index contributed by atoms with van der Waals surface area (Å²) in [5.41, 5.74) is 4.58. The molecule has 0 aromatic heterocycles. The maximum Gasteiger partial charge on any atom is 0.425 e. The van der Waals surface area contributed by atoms with Gasteiger partial charge in [-0.05, 0) is 6.54 Å². The number of hydrogen-bond donors (Lipinski definition) is 1. The Morgan fingerprint density at radius 1 is 1.08 bits per heavy atom. The van der Waals surface area contributed by atoms with Crippen molar-refractivity contribution in [2.45, 2.75) is 24.7 Å². The van der Waals surface area contributed by atoms with Gasteiger partial charge < -0.3 is 5.73 Å². The lowest BCUT2D eigenvalue weighted by Gasteiger charge is -2.21. The quantitative estimate of drug-likeness (QED) is 0.683. The van der Waals surface area contributed by atoms with Gasteiger partial charge in [-0.1, -0.05) is 0 Å². The van der Waals surface area contributed by atoms with Gasteiger partial charge in [0.1, 0.15) is 0 Å². The Hall–Kier alpha value is -0.460. The second-order valence-electron chi connectivity index (χ2n) is 2.20. The molecule has 12 heavy (non-hydrogen) atoms.